The van der Waals surface area contributed by atoms with Crippen LogP contribution in [-0.4, -0.2) is 22.1 Å². The molecule has 0 saturated carbocycles. The van der Waals surface area contributed by atoms with Gasteiger partial charge in [0.2, 0.25) is 5.88 Å². The van der Waals surface area contributed by atoms with Crippen LogP contribution in [0.1, 0.15) is 35.4 Å². The van der Waals surface area contributed by atoms with Gasteiger partial charge in [-0.2, -0.15) is 0 Å². The molecular weight excluding hydrogens is 413 g/mol. The number of rotatable bonds is 5. The molecule has 164 valence electrons. The molecule has 0 saturated heterocycles. The van der Waals surface area contributed by atoms with Gasteiger partial charge in [-0.25, -0.2) is 9.18 Å². The van der Waals surface area contributed by atoms with Crippen molar-refractivity contribution in [2.75, 3.05) is 6.61 Å². The number of fused-ring (bicyclic) bond motifs is 1. The van der Waals surface area contributed by atoms with Crippen molar-refractivity contribution in [3.63, 3.8) is 0 Å². The number of nitrogens with two attached hydrogens (primary N) is 1. The highest BCUT2D eigenvalue weighted by atomic mass is 19.1. The number of esters is 1. The van der Waals surface area contributed by atoms with Gasteiger partial charge in [-0.15, -0.1) is 0 Å². The maximum Gasteiger partial charge on any atom is 0.340 e. The molecule has 1 aliphatic rings. The molecule has 0 aliphatic carbocycles. The van der Waals surface area contributed by atoms with Crippen LogP contribution in [0.2, 0.25) is 0 Å². The average Bonchev–Trinajstić information content (AvgIpc) is 2.77. The number of aryl methyl sites for hydroxylation is 1. The Labute approximate surface area is 183 Å². The number of benzene rings is 1. The van der Waals surface area contributed by atoms with E-state index in [1.165, 1.54) is 22.8 Å². The van der Waals surface area contributed by atoms with Gasteiger partial charge >= 0.3 is 5.97 Å². The Bertz CT molecular complexity index is 1270. The molecule has 7 nitrogen and oxygen atoms in total. The van der Waals surface area contributed by atoms with Crippen LogP contribution in [0.3, 0.4) is 0 Å². The Morgan fingerprint density at radius 2 is 2.00 bits per heavy atom. The van der Waals surface area contributed by atoms with E-state index in [2.05, 4.69) is 4.98 Å². The summed E-state index contributed by atoms with van der Waals surface area (Å²) in [5, 5.41) is 0. The molecule has 8 heteroatoms. The van der Waals surface area contributed by atoms with Gasteiger partial charge in [-0.05, 0) is 32.0 Å². The first kappa shape index (κ1) is 21.3. The van der Waals surface area contributed by atoms with E-state index < -0.39 is 23.3 Å². The summed E-state index contributed by atoms with van der Waals surface area (Å²) in [4.78, 5) is 30.8. The van der Waals surface area contributed by atoms with Gasteiger partial charge in [0.25, 0.3) is 5.56 Å². The molecule has 0 spiro atoms. The zero-order valence-electron chi connectivity index (χ0n) is 17.7. The molecule has 4 rings (SSSR count). The van der Waals surface area contributed by atoms with Gasteiger partial charge in [0.15, 0.2) is 0 Å². The second-order valence-electron chi connectivity index (χ2n) is 7.33. The lowest BCUT2D eigenvalue weighted by molar-refractivity contribution is -0.139. The number of nitrogens with zero attached hydrogens (tertiary/aromatic N) is 2. The molecule has 1 unspecified atom stereocenters. The SMILES string of the molecule is CCOC(=O)C1=C(N)Oc2cc(C)n(Cc3ccccn3)c(=O)c2C1c1ccccc1F. The van der Waals surface area contributed by atoms with Gasteiger partial charge in [0, 0.05) is 23.5 Å². The molecule has 2 aromatic heterocycles. The molecule has 0 radical (unpaired) electrons. The molecule has 0 amide bonds. The Balaban J connectivity index is 1.96. The number of ether oxygens (including phenoxy) is 2. The van der Waals surface area contributed by atoms with E-state index in [4.69, 9.17) is 15.2 Å². The predicted octanol–water partition coefficient (Wildman–Crippen LogP) is 3.00. The largest absolute Gasteiger partial charge is 0.462 e. The van der Waals surface area contributed by atoms with Crippen LogP contribution in [0.5, 0.6) is 5.75 Å². The Hall–Kier alpha value is -3.94. The van der Waals surface area contributed by atoms with E-state index in [0.717, 1.165) is 0 Å². The zero-order chi connectivity index (χ0) is 22.8. The maximum absolute atomic E-state index is 14.9. The molecule has 3 heterocycles. The number of halogens is 1. The van der Waals surface area contributed by atoms with Crippen LogP contribution < -0.4 is 16.0 Å². The molecule has 1 atom stereocenters. The quantitative estimate of drug-likeness (QED) is 0.619. The second kappa shape index (κ2) is 8.66. The van der Waals surface area contributed by atoms with E-state index in [1.807, 2.05) is 6.07 Å². The summed E-state index contributed by atoms with van der Waals surface area (Å²) in [6.07, 6.45) is 1.64. The fourth-order valence-corrected chi connectivity index (χ4v) is 3.86. The second-order valence-corrected chi connectivity index (χ2v) is 7.33. The molecular formula is C24H22FN3O4. The summed E-state index contributed by atoms with van der Waals surface area (Å²) in [6.45, 7) is 3.70. The number of hydrogen-bond donors (Lipinski definition) is 1. The van der Waals surface area contributed by atoms with Gasteiger partial charge in [-0.3, -0.25) is 9.78 Å². The van der Waals surface area contributed by atoms with Crippen LogP contribution in [0.25, 0.3) is 0 Å². The summed E-state index contributed by atoms with van der Waals surface area (Å²) in [5.41, 5.74) is 7.10. The smallest absolute Gasteiger partial charge is 0.340 e. The summed E-state index contributed by atoms with van der Waals surface area (Å²) in [6, 6.07) is 13.0. The fraction of sp³-hybridized carbons (Fsp3) is 0.208. The molecule has 32 heavy (non-hydrogen) atoms. The van der Waals surface area contributed by atoms with Crippen molar-refractivity contribution in [3.8, 4) is 5.75 Å². The van der Waals surface area contributed by atoms with Gasteiger partial charge in [0.1, 0.15) is 17.1 Å². The lowest BCUT2D eigenvalue weighted by Crippen LogP contribution is -2.35. The van der Waals surface area contributed by atoms with Crippen LogP contribution in [0, 0.1) is 12.7 Å². The molecule has 1 aliphatic heterocycles. The Morgan fingerprint density at radius 1 is 1.25 bits per heavy atom. The molecule has 0 fully saturated rings. The van der Waals surface area contributed by atoms with Crippen LogP contribution in [0.4, 0.5) is 4.39 Å². The molecule has 0 bridgehead atoms. The third-order valence-corrected chi connectivity index (χ3v) is 5.33. The summed E-state index contributed by atoms with van der Waals surface area (Å²) in [5.74, 6) is -2.45. The van der Waals surface area contributed by atoms with Crippen molar-refractivity contribution in [1.82, 2.24) is 9.55 Å². The summed E-state index contributed by atoms with van der Waals surface area (Å²) >= 11 is 0. The third kappa shape index (κ3) is 3.75. The third-order valence-electron chi connectivity index (χ3n) is 5.33. The monoisotopic (exact) mass is 435 g/mol. The van der Waals surface area contributed by atoms with Crippen LogP contribution >= 0.6 is 0 Å². The van der Waals surface area contributed by atoms with E-state index in [0.29, 0.717) is 11.4 Å². The van der Waals surface area contributed by atoms with E-state index in [1.54, 1.807) is 44.3 Å². The van der Waals surface area contributed by atoms with Gasteiger partial charge < -0.3 is 19.8 Å². The maximum atomic E-state index is 14.9. The number of carbonyl (C=O) groups is 1. The van der Waals surface area contributed by atoms with E-state index in [9.17, 15) is 14.0 Å². The first-order valence-corrected chi connectivity index (χ1v) is 10.2. The number of carbonyl (C=O) groups excluding carboxylic acids is 1. The van der Waals surface area contributed by atoms with Gasteiger partial charge in [0.05, 0.1) is 30.3 Å². The minimum absolute atomic E-state index is 0.0876. The zero-order valence-corrected chi connectivity index (χ0v) is 17.7. The van der Waals surface area contributed by atoms with E-state index in [-0.39, 0.29) is 41.5 Å². The van der Waals surface area contributed by atoms with Crippen molar-refractivity contribution < 1.29 is 18.7 Å². The highest BCUT2D eigenvalue weighted by Gasteiger charge is 2.39. The highest BCUT2D eigenvalue weighted by Crippen LogP contribution is 2.42. The molecule has 3 aromatic rings. The first-order chi connectivity index (χ1) is 15.4. The molecule has 1 aromatic carbocycles. The fourth-order valence-electron chi connectivity index (χ4n) is 3.86. The summed E-state index contributed by atoms with van der Waals surface area (Å²) < 4.78 is 27.2. The van der Waals surface area contributed by atoms with Crippen molar-refractivity contribution in [3.05, 3.63) is 105 Å². The van der Waals surface area contributed by atoms with Crippen molar-refractivity contribution in [2.24, 2.45) is 5.73 Å². The topological polar surface area (TPSA) is 96.4 Å². The minimum atomic E-state index is -1.08. The predicted molar refractivity (Wildman–Crippen MR) is 115 cm³/mol. The number of aromatic nitrogens is 2. The number of pyridine rings is 2. The van der Waals surface area contributed by atoms with E-state index >= 15 is 0 Å². The van der Waals surface area contributed by atoms with Crippen molar-refractivity contribution >= 4 is 5.97 Å². The highest BCUT2D eigenvalue weighted by molar-refractivity contribution is 5.92. The Morgan fingerprint density at radius 3 is 2.69 bits per heavy atom. The lowest BCUT2D eigenvalue weighted by atomic mass is 9.83. The first-order valence-electron chi connectivity index (χ1n) is 10.2. The minimum Gasteiger partial charge on any atom is -0.462 e. The molecule has 2 N–H and O–H groups in total. The van der Waals surface area contributed by atoms with Crippen LogP contribution in [-0.2, 0) is 16.1 Å². The Kier molecular flexibility index (Phi) is 5.77. The normalized spacial score (nSPS) is 15.2. The summed E-state index contributed by atoms with van der Waals surface area (Å²) in [7, 11) is 0. The van der Waals surface area contributed by atoms with Crippen LogP contribution in [0.15, 0.2) is 71.0 Å². The van der Waals surface area contributed by atoms with Crippen molar-refractivity contribution in [2.45, 2.75) is 26.3 Å². The van der Waals surface area contributed by atoms with Crippen molar-refractivity contribution in [1.29, 1.82) is 0 Å². The average molecular weight is 435 g/mol. The van der Waals surface area contributed by atoms with Gasteiger partial charge in [-0.1, -0.05) is 24.3 Å². The lowest BCUT2D eigenvalue weighted by Gasteiger charge is -2.29. The number of hydrogen-bond acceptors (Lipinski definition) is 6. The standard InChI is InChI=1S/C24H22FN3O4/c1-3-31-24(30)21-19(16-9-4-5-10-17(16)25)20-18(32-22(21)26)12-14(2)28(23(20)29)13-15-8-6-7-11-27-15/h4-12,19H,3,13,26H2,1-2H3.